The van der Waals surface area contributed by atoms with E-state index in [2.05, 4.69) is 45.2 Å². The molecule has 4 aromatic rings. The molecule has 6 rings (SSSR count). The van der Waals surface area contributed by atoms with Crippen LogP contribution in [-0.4, -0.2) is 94.4 Å². The highest BCUT2D eigenvalue weighted by Crippen LogP contribution is 2.48. The molecule has 0 aliphatic carbocycles. The minimum atomic E-state index is -4.43. The van der Waals surface area contributed by atoms with E-state index in [-0.39, 0.29) is 35.1 Å². The second-order valence-electron chi connectivity index (χ2n) is 18.8. The molecule has 0 saturated carbocycles. The van der Waals surface area contributed by atoms with Crippen LogP contribution in [0.2, 0.25) is 0 Å². The maximum atomic E-state index is 12.8. The Morgan fingerprint density at radius 1 is 0.870 bits per heavy atom. The number of amides is 2. The zero-order chi connectivity index (χ0) is 50.0. The van der Waals surface area contributed by atoms with Crippen LogP contribution in [-0.2, 0) is 53.7 Å². The number of hydrogen-bond donors (Lipinski definition) is 2. The van der Waals surface area contributed by atoms with Crippen LogP contribution in [0.5, 0.6) is 0 Å². The highest BCUT2D eigenvalue weighted by Gasteiger charge is 2.44. The molecule has 0 bridgehead atoms. The van der Waals surface area contributed by atoms with Gasteiger partial charge in [0.2, 0.25) is 17.5 Å². The third-order valence-corrected chi connectivity index (χ3v) is 14.8. The summed E-state index contributed by atoms with van der Waals surface area (Å²) in [6.45, 7) is 12.8. The van der Waals surface area contributed by atoms with Crippen molar-refractivity contribution >= 4 is 60.2 Å². The van der Waals surface area contributed by atoms with Crippen LogP contribution in [0.15, 0.2) is 108 Å². The van der Waals surface area contributed by atoms with Gasteiger partial charge in [-0.05, 0) is 81.5 Å². The Hall–Kier alpha value is -5.86. The van der Waals surface area contributed by atoms with Gasteiger partial charge in [-0.15, -0.1) is 6.42 Å². The number of carbonyl (C=O) groups is 2. The molecule has 0 saturated heterocycles. The first kappa shape index (κ1) is 52.5. The van der Waals surface area contributed by atoms with Gasteiger partial charge in [-0.2, -0.15) is 13.0 Å². The predicted molar refractivity (Wildman–Crippen MR) is 271 cm³/mol. The molecule has 0 unspecified atom stereocenters. The van der Waals surface area contributed by atoms with Gasteiger partial charge in [0.1, 0.15) is 12.4 Å². The third-order valence-electron chi connectivity index (χ3n) is 13.2. The first-order valence-electron chi connectivity index (χ1n) is 23.8. The highest BCUT2D eigenvalue weighted by atomic mass is 32.2. The largest absolute Gasteiger partial charge is 0.748 e. The summed E-state index contributed by atoms with van der Waals surface area (Å²) in [4.78, 5) is 33.4. The summed E-state index contributed by atoms with van der Waals surface area (Å²) in [5, 5.41) is 3.07. The van der Waals surface area contributed by atoms with Gasteiger partial charge < -0.3 is 24.2 Å². The molecule has 2 aliphatic heterocycles. The van der Waals surface area contributed by atoms with E-state index >= 15 is 0 Å². The van der Waals surface area contributed by atoms with Crippen LogP contribution in [0, 0.1) is 12.3 Å². The number of nitrogens with zero attached hydrogens (tertiary/aromatic N) is 5. The Bertz CT molecular complexity index is 2920. The van der Waals surface area contributed by atoms with E-state index < -0.39 is 31.4 Å². The molecule has 2 N–H and O–H groups in total. The maximum Gasteiger partial charge on any atom is 0.294 e. The van der Waals surface area contributed by atoms with E-state index in [1.54, 1.807) is 17.0 Å². The van der Waals surface area contributed by atoms with Crippen molar-refractivity contribution in [2.24, 2.45) is 0 Å². The average Bonchev–Trinajstić information content (AvgIpc) is 3.82. The number of rotatable bonds is 24. The number of terminal acetylenes is 1. The number of imidazole rings is 1. The average molecular weight is 979 g/mol. The van der Waals surface area contributed by atoms with E-state index in [1.165, 1.54) is 13.0 Å². The van der Waals surface area contributed by atoms with Crippen molar-refractivity contribution in [3.05, 3.63) is 120 Å². The zero-order valence-electron chi connectivity index (χ0n) is 40.5. The fraction of sp³-hybridized carbons (Fsp3) is 0.434. The van der Waals surface area contributed by atoms with E-state index in [1.807, 2.05) is 86.7 Å². The van der Waals surface area contributed by atoms with Crippen LogP contribution < -0.4 is 10.2 Å². The molecule has 0 spiro atoms. The number of hydrogen-bond acceptors (Lipinski definition) is 9. The van der Waals surface area contributed by atoms with Crippen molar-refractivity contribution in [1.82, 2.24) is 19.8 Å². The second-order valence-corrected chi connectivity index (χ2v) is 21.8. The van der Waals surface area contributed by atoms with Crippen molar-refractivity contribution in [2.45, 2.75) is 121 Å². The fourth-order valence-electron chi connectivity index (χ4n) is 9.55. The number of benzene rings is 3. The number of anilines is 1. The molecule has 2 aliphatic rings. The lowest BCUT2D eigenvalue weighted by Crippen LogP contribution is -2.30. The molecule has 2 amide bonds. The van der Waals surface area contributed by atoms with E-state index in [0.717, 1.165) is 95.8 Å². The molecule has 69 heavy (non-hydrogen) atoms. The minimum Gasteiger partial charge on any atom is -0.748 e. The number of nitrogens with one attached hydrogen (secondary N) is 1. The summed E-state index contributed by atoms with van der Waals surface area (Å²) in [6, 6.07) is 20.6. The molecule has 3 heterocycles. The van der Waals surface area contributed by atoms with Gasteiger partial charge in [-0.1, -0.05) is 87.6 Å². The summed E-state index contributed by atoms with van der Waals surface area (Å²) in [6.07, 6.45) is 22.0. The number of allylic oxidation sites excluding steroid dienone is 6. The molecule has 14 nitrogen and oxygen atoms in total. The lowest BCUT2D eigenvalue weighted by Gasteiger charge is -2.27. The van der Waals surface area contributed by atoms with Gasteiger partial charge in [-0.25, -0.2) is 13.4 Å². The van der Waals surface area contributed by atoms with Crippen molar-refractivity contribution < 1.29 is 40.1 Å². The van der Waals surface area contributed by atoms with Crippen molar-refractivity contribution in [1.29, 1.82) is 0 Å². The van der Waals surface area contributed by atoms with Crippen LogP contribution in [0.3, 0.4) is 0 Å². The Labute approximate surface area is 408 Å². The molecule has 16 heteroatoms. The van der Waals surface area contributed by atoms with E-state index in [9.17, 15) is 35.5 Å². The van der Waals surface area contributed by atoms with Crippen LogP contribution in [0.4, 0.5) is 11.4 Å². The van der Waals surface area contributed by atoms with Gasteiger partial charge in [-0.3, -0.25) is 14.1 Å². The standard InChI is InChI=1S/C53H66N6O8S2/c1-7-33-56(40(2)60)39-50-55-44-24-16-18-26-47(44)59(50)35-20-9-8-19-32-54-51(61)29-14-11-21-34-57-46-31-30-41(69(65,66)67)38-43(46)53(5,6)49(57)28-13-10-12-27-48-52(3,4)42-23-15-17-25-45(42)58(48)36-22-37-68(62,63)64/h1,10,12-13,15-18,23-28,30-31,38H,8-9,11,14,19-22,29,32-37,39H2,2-6H3,(H2-,54,61,62,63,64,65,66,67). The summed E-state index contributed by atoms with van der Waals surface area (Å²) >= 11 is 0. The Kier molecular flexibility index (Phi) is 17.3. The highest BCUT2D eigenvalue weighted by molar-refractivity contribution is 7.86. The molecule has 1 aromatic heterocycles. The van der Waals surface area contributed by atoms with Crippen LogP contribution in [0.1, 0.15) is 109 Å². The first-order valence-corrected chi connectivity index (χ1v) is 26.8. The summed E-state index contributed by atoms with van der Waals surface area (Å²) in [5.41, 5.74) is 6.59. The number of fused-ring (bicyclic) bond motifs is 3. The molecule has 0 fully saturated rings. The SMILES string of the molecule is C#CCN(Cc1nc2ccccc2n1CCCCCCNC(=O)CCCCCN1/C(=C/C=C/C=C/C2=[N+](CCCS(=O)(=O)[O-])c3ccccc3C2(C)C)C(C)(C)c2cc(S(=O)(=O)O)ccc21)C(C)=O. The van der Waals surface area contributed by atoms with Crippen LogP contribution in [0.25, 0.3) is 11.0 Å². The second kappa shape index (κ2) is 22.7. The Balaban J connectivity index is 1.01. The molecular formula is C53H66N6O8S2. The summed E-state index contributed by atoms with van der Waals surface area (Å²) in [5.74, 6) is 2.86. The fourth-order valence-corrected chi connectivity index (χ4v) is 10.5. The smallest absolute Gasteiger partial charge is 0.294 e. The molecule has 3 aromatic carbocycles. The summed E-state index contributed by atoms with van der Waals surface area (Å²) in [7, 11) is -8.77. The van der Waals surface area contributed by atoms with Gasteiger partial charge in [0.15, 0.2) is 5.71 Å². The lowest BCUT2D eigenvalue weighted by molar-refractivity contribution is -0.437. The van der Waals surface area contributed by atoms with Crippen LogP contribution >= 0.6 is 0 Å². The molecule has 0 radical (unpaired) electrons. The lowest BCUT2D eigenvalue weighted by atomic mass is 9.81. The minimum absolute atomic E-state index is 0.0252. The monoisotopic (exact) mass is 978 g/mol. The molecule has 0 atom stereocenters. The van der Waals surface area contributed by atoms with Crippen molar-refractivity contribution in [3.8, 4) is 12.3 Å². The van der Waals surface area contributed by atoms with E-state index in [4.69, 9.17) is 11.4 Å². The van der Waals surface area contributed by atoms with Gasteiger partial charge in [0.05, 0.1) is 44.6 Å². The number of unbranched alkanes of at least 4 members (excludes halogenated alkanes) is 5. The zero-order valence-corrected chi connectivity index (χ0v) is 42.1. The Morgan fingerprint density at radius 2 is 1.58 bits per heavy atom. The number of carbonyl (C=O) groups excluding carboxylic acids is 2. The maximum absolute atomic E-state index is 12.8. The quantitative estimate of drug-likeness (QED) is 0.0228. The van der Waals surface area contributed by atoms with Gasteiger partial charge in [0, 0.05) is 79.7 Å². The summed E-state index contributed by atoms with van der Waals surface area (Å²) < 4.78 is 72.7. The van der Waals surface area contributed by atoms with Crippen molar-refractivity contribution in [2.75, 3.05) is 36.8 Å². The molecular weight excluding hydrogens is 913 g/mol. The number of aromatic nitrogens is 2. The topological polar surface area (TPSA) is 185 Å². The first-order chi connectivity index (χ1) is 32.7. The van der Waals surface area contributed by atoms with Crippen molar-refractivity contribution in [3.63, 3.8) is 0 Å². The Morgan fingerprint density at radius 3 is 2.32 bits per heavy atom. The third kappa shape index (κ3) is 13.1. The molecule has 368 valence electrons. The number of aryl methyl sites for hydroxylation is 1. The van der Waals surface area contributed by atoms with Gasteiger partial charge in [0.25, 0.3) is 10.1 Å². The predicted octanol–water partition coefficient (Wildman–Crippen LogP) is 8.31. The van der Waals surface area contributed by atoms with Gasteiger partial charge >= 0.3 is 0 Å². The number of para-hydroxylation sites is 3. The normalized spacial score (nSPS) is 15.9. The van der Waals surface area contributed by atoms with E-state index in [0.29, 0.717) is 39.0 Å².